The van der Waals surface area contributed by atoms with E-state index in [9.17, 15) is 13.2 Å². The lowest BCUT2D eigenvalue weighted by Crippen LogP contribution is -2.33. The number of hydrogen-bond acceptors (Lipinski definition) is 5. The molecule has 0 saturated heterocycles. The van der Waals surface area contributed by atoms with Crippen molar-refractivity contribution in [3.8, 4) is 0 Å². The van der Waals surface area contributed by atoms with Gasteiger partial charge in [-0.2, -0.15) is 9.19 Å². The Balaban J connectivity index is 2.10. The Hall–Kier alpha value is -1.57. The molecule has 19 heavy (non-hydrogen) atoms. The van der Waals surface area contributed by atoms with Gasteiger partial charge in [0.1, 0.15) is 5.60 Å². The van der Waals surface area contributed by atoms with Crippen LogP contribution in [0.15, 0.2) is 6.20 Å². The van der Waals surface area contributed by atoms with Gasteiger partial charge >= 0.3 is 6.09 Å². The molecule has 0 atom stereocenters. The first-order valence-corrected chi connectivity index (χ1v) is 7.67. The van der Waals surface area contributed by atoms with Crippen LogP contribution in [0.1, 0.15) is 32.0 Å². The molecule has 0 aliphatic carbocycles. The van der Waals surface area contributed by atoms with Crippen LogP contribution in [-0.2, 0) is 27.8 Å². The van der Waals surface area contributed by atoms with E-state index in [-0.39, 0.29) is 6.54 Å². The lowest BCUT2D eigenvalue weighted by molar-refractivity contribution is 0.0239. The van der Waals surface area contributed by atoms with E-state index in [4.69, 9.17) is 4.74 Å². The van der Waals surface area contributed by atoms with Crippen LogP contribution in [0.2, 0.25) is 0 Å². The van der Waals surface area contributed by atoms with Gasteiger partial charge in [0, 0.05) is 11.8 Å². The maximum absolute atomic E-state index is 11.9. The number of aromatic nitrogens is 2. The topological polar surface area (TPSA) is 81.5 Å². The highest BCUT2D eigenvalue weighted by Gasteiger charge is 2.30. The molecular weight excluding hydrogens is 270 g/mol. The first-order valence-electron chi connectivity index (χ1n) is 5.82. The maximum Gasteiger partial charge on any atom is 0.410 e. The number of carbonyl (C=O) groups excluding carboxylic acids is 1. The molecule has 2 rings (SSSR count). The number of carbonyl (C=O) groups is 1. The van der Waals surface area contributed by atoms with E-state index in [0.29, 0.717) is 12.2 Å². The standard InChI is InChI=1S/C11H17N3O4S/c1-11(2,3)18-10(15)13-5-8-6-14(19(4,16)17)12-9(8)7-13/h6H,5,7H2,1-4H3. The predicted octanol–water partition coefficient (Wildman–Crippen LogP) is 0.941. The maximum atomic E-state index is 11.9. The van der Waals surface area contributed by atoms with Crippen LogP contribution in [0.25, 0.3) is 0 Å². The fourth-order valence-corrected chi connectivity index (χ4v) is 2.32. The van der Waals surface area contributed by atoms with Crippen LogP contribution < -0.4 is 0 Å². The lowest BCUT2D eigenvalue weighted by Gasteiger charge is -2.24. The van der Waals surface area contributed by atoms with Crippen molar-refractivity contribution in [3.05, 3.63) is 17.5 Å². The van der Waals surface area contributed by atoms with E-state index in [0.717, 1.165) is 15.9 Å². The molecule has 0 saturated carbocycles. The van der Waals surface area contributed by atoms with Crippen molar-refractivity contribution >= 4 is 16.1 Å². The molecule has 0 aromatic carbocycles. The first-order chi connectivity index (χ1) is 8.56. The number of fused-ring (bicyclic) bond motifs is 1. The minimum atomic E-state index is -3.38. The Bertz CT molecular complexity index is 589. The summed E-state index contributed by atoms with van der Waals surface area (Å²) < 4.78 is 28.9. The highest BCUT2D eigenvalue weighted by Crippen LogP contribution is 2.23. The summed E-state index contributed by atoms with van der Waals surface area (Å²) in [5.74, 6) is 0. The van der Waals surface area contributed by atoms with Gasteiger partial charge in [0.25, 0.3) is 10.0 Å². The largest absolute Gasteiger partial charge is 0.444 e. The summed E-state index contributed by atoms with van der Waals surface area (Å²) in [5.41, 5.74) is 0.775. The van der Waals surface area contributed by atoms with Gasteiger partial charge in [-0.15, -0.1) is 0 Å². The van der Waals surface area contributed by atoms with Gasteiger partial charge in [0.05, 0.1) is 25.0 Å². The Morgan fingerprint density at radius 1 is 1.37 bits per heavy atom. The highest BCUT2D eigenvalue weighted by atomic mass is 32.2. The molecule has 1 aliphatic rings. The zero-order valence-corrected chi connectivity index (χ0v) is 12.2. The quantitative estimate of drug-likeness (QED) is 0.768. The summed E-state index contributed by atoms with van der Waals surface area (Å²) in [6, 6.07) is 0. The SMILES string of the molecule is CC(C)(C)OC(=O)N1Cc2cn(S(C)(=O)=O)nc2C1. The lowest BCUT2D eigenvalue weighted by atomic mass is 10.2. The molecule has 106 valence electrons. The Kier molecular flexibility index (Phi) is 3.08. The average Bonchev–Trinajstić information content (AvgIpc) is 2.68. The molecule has 0 radical (unpaired) electrons. The molecule has 1 amide bonds. The van der Waals surface area contributed by atoms with E-state index < -0.39 is 21.7 Å². The van der Waals surface area contributed by atoms with Gasteiger partial charge < -0.3 is 4.74 Å². The first kappa shape index (κ1) is 13.9. The summed E-state index contributed by atoms with van der Waals surface area (Å²) in [4.78, 5) is 13.4. The summed E-state index contributed by atoms with van der Waals surface area (Å²) in [6.07, 6.45) is 2.10. The molecule has 0 spiro atoms. The Labute approximate surface area is 112 Å². The molecular formula is C11H17N3O4S. The van der Waals surface area contributed by atoms with Gasteiger partial charge in [0.2, 0.25) is 0 Å². The predicted molar refractivity (Wildman–Crippen MR) is 67.9 cm³/mol. The minimum absolute atomic E-state index is 0.271. The van der Waals surface area contributed by atoms with Gasteiger partial charge in [-0.25, -0.2) is 13.2 Å². The van der Waals surface area contributed by atoms with Gasteiger partial charge in [-0.1, -0.05) is 0 Å². The van der Waals surface area contributed by atoms with Crippen LogP contribution >= 0.6 is 0 Å². The zero-order chi connectivity index (χ0) is 14.4. The van der Waals surface area contributed by atoms with Gasteiger partial charge in [0.15, 0.2) is 0 Å². The third-order valence-corrected chi connectivity index (χ3v) is 3.42. The third kappa shape index (κ3) is 3.06. The average molecular weight is 287 g/mol. The van der Waals surface area contributed by atoms with E-state index in [1.54, 1.807) is 20.8 Å². The molecule has 0 N–H and O–H groups in total. The van der Waals surface area contributed by atoms with Crippen LogP contribution in [0.3, 0.4) is 0 Å². The van der Waals surface area contributed by atoms with Crippen molar-refractivity contribution < 1.29 is 17.9 Å². The van der Waals surface area contributed by atoms with Crippen LogP contribution in [0.5, 0.6) is 0 Å². The smallest absolute Gasteiger partial charge is 0.410 e. The Morgan fingerprint density at radius 2 is 2.00 bits per heavy atom. The molecule has 0 bridgehead atoms. The molecule has 1 aliphatic heterocycles. The molecule has 2 heterocycles. The fourth-order valence-electron chi connectivity index (χ4n) is 1.75. The number of hydrogen-bond donors (Lipinski definition) is 0. The normalized spacial score (nSPS) is 15.5. The van der Waals surface area contributed by atoms with E-state index in [1.807, 2.05) is 0 Å². The number of nitrogens with zero attached hydrogens (tertiary/aromatic N) is 3. The molecule has 1 aromatic rings. The third-order valence-electron chi connectivity index (χ3n) is 2.55. The van der Waals surface area contributed by atoms with Crippen molar-refractivity contribution in [2.75, 3.05) is 6.26 Å². The van der Waals surface area contributed by atoms with Crippen LogP contribution in [-0.4, -0.2) is 40.5 Å². The highest BCUT2D eigenvalue weighted by molar-refractivity contribution is 7.89. The van der Waals surface area contributed by atoms with E-state index in [2.05, 4.69) is 5.10 Å². The van der Waals surface area contributed by atoms with Gasteiger partial charge in [-0.05, 0) is 20.8 Å². The van der Waals surface area contributed by atoms with E-state index >= 15 is 0 Å². The minimum Gasteiger partial charge on any atom is -0.444 e. The van der Waals surface area contributed by atoms with Crippen molar-refractivity contribution in [2.45, 2.75) is 39.5 Å². The number of rotatable bonds is 1. The van der Waals surface area contributed by atoms with Crippen molar-refractivity contribution in [3.63, 3.8) is 0 Å². The molecule has 0 unspecified atom stereocenters. The van der Waals surface area contributed by atoms with Gasteiger partial charge in [-0.3, -0.25) is 4.90 Å². The second-order valence-corrected chi connectivity index (χ2v) is 7.41. The molecule has 7 nitrogen and oxygen atoms in total. The second kappa shape index (κ2) is 4.22. The summed E-state index contributed by atoms with van der Waals surface area (Å²) in [7, 11) is -3.38. The van der Waals surface area contributed by atoms with Crippen molar-refractivity contribution in [2.24, 2.45) is 0 Å². The van der Waals surface area contributed by atoms with Crippen LogP contribution in [0, 0.1) is 0 Å². The fraction of sp³-hybridized carbons (Fsp3) is 0.636. The summed E-state index contributed by atoms with van der Waals surface area (Å²) in [6.45, 7) is 5.98. The zero-order valence-electron chi connectivity index (χ0n) is 11.4. The van der Waals surface area contributed by atoms with E-state index in [1.165, 1.54) is 11.1 Å². The monoisotopic (exact) mass is 287 g/mol. The number of ether oxygens (including phenoxy) is 1. The summed E-state index contributed by atoms with van der Waals surface area (Å²) >= 11 is 0. The molecule has 1 aromatic heterocycles. The van der Waals surface area contributed by atoms with Crippen LogP contribution in [0.4, 0.5) is 4.79 Å². The second-order valence-electron chi connectivity index (χ2n) is 5.57. The van der Waals surface area contributed by atoms with Crippen molar-refractivity contribution in [1.82, 2.24) is 14.1 Å². The van der Waals surface area contributed by atoms with Crippen molar-refractivity contribution in [1.29, 1.82) is 0 Å². The summed E-state index contributed by atoms with van der Waals surface area (Å²) in [5, 5.41) is 3.97. The number of amides is 1. The Morgan fingerprint density at radius 3 is 2.47 bits per heavy atom. The molecule has 0 fully saturated rings. The molecule has 8 heteroatoms.